The predicted molar refractivity (Wildman–Crippen MR) is 81.6 cm³/mol. The topological polar surface area (TPSA) is 64.4 Å². The number of rotatable bonds is 6. The number of nitrogens with one attached hydrogen (secondary N) is 1. The van der Waals surface area contributed by atoms with Gasteiger partial charge in [-0.3, -0.25) is 10.1 Å². The predicted octanol–water partition coefficient (Wildman–Crippen LogP) is 3.55. The summed E-state index contributed by atoms with van der Waals surface area (Å²) in [4.78, 5) is 10.3. The summed E-state index contributed by atoms with van der Waals surface area (Å²) >= 11 is 5.97. The monoisotopic (exact) mass is 306 g/mol. The van der Waals surface area contributed by atoms with Crippen LogP contribution in [0.1, 0.15) is 11.1 Å². The Bertz CT molecular complexity index is 647. The fraction of sp³-hybridized carbons (Fsp3) is 0.200. The molecule has 0 fully saturated rings. The van der Waals surface area contributed by atoms with Crippen LogP contribution in [0.2, 0.25) is 5.02 Å². The Morgan fingerprint density at radius 1 is 1.24 bits per heavy atom. The van der Waals surface area contributed by atoms with Gasteiger partial charge in [0, 0.05) is 35.8 Å². The van der Waals surface area contributed by atoms with Crippen LogP contribution < -0.4 is 10.1 Å². The zero-order chi connectivity index (χ0) is 15.2. The number of non-ortho nitro benzene ring substituents is 1. The van der Waals surface area contributed by atoms with E-state index in [1.165, 1.54) is 6.07 Å². The fourth-order valence-electron chi connectivity index (χ4n) is 2.01. The van der Waals surface area contributed by atoms with Gasteiger partial charge in [-0.15, -0.1) is 0 Å². The van der Waals surface area contributed by atoms with Crippen LogP contribution in [-0.4, -0.2) is 12.0 Å². The van der Waals surface area contributed by atoms with Crippen LogP contribution >= 0.6 is 11.6 Å². The molecule has 2 rings (SSSR count). The maximum Gasteiger partial charge on any atom is 0.269 e. The highest BCUT2D eigenvalue weighted by Crippen LogP contribution is 2.22. The summed E-state index contributed by atoms with van der Waals surface area (Å²) in [6.07, 6.45) is 0. The smallest absolute Gasteiger partial charge is 0.269 e. The molecule has 0 atom stereocenters. The second kappa shape index (κ2) is 7.06. The van der Waals surface area contributed by atoms with Gasteiger partial charge in [0.05, 0.1) is 12.0 Å². The van der Waals surface area contributed by atoms with Crippen molar-refractivity contribution in [3.05, 3.63) is 68.7 Å². The Labute approximate surface area is 127 Å². The SMILES string of the molecule is COc1ccc(Cl)cc1CNCc1cccc([N+](=O)[O-])c1. The Morgan fingerprint density at radius 3 is 2.76 bits per heavy atom. The van der Waals surface area contributed by atoms with Crippen LogP contribution in [0.5, 0.6) is 5.75 Å². The lowest BCUT2D eigenvalue weighted by Gasteiger charge is -2.10. The second-order valence-corrected chi connectivity index (χ2v) is 4.92. The summed E-state index contributed by atoms with van der Waals surface area (Å²) < 4.78 is 5.27. The van der Waals surface area contributed by atoms with Crippen LogP contribution in [-0.2, 0) is 13.1 Å². The number of halogens is 1. The summed E-state index contributed by atoms with van der Waals surface area (Å²) in [5.41, 5.74) is 1.88. The molecule has 0 amide bonds. The van der Waals surface area contributed by atoms with Crippen LogP contribution in [0, 0.1) is 10.1 Å². The van der Waals surface area contributed by atoms with Crippen LogP contribution in [0.15, 0.2) is 42.5 Å². The van der Waals surface area contributed by atoms with Crippen molar-refractivity contribution in [1.29, 1.82) is 0 Å². The molecule has 0 aliphatic heterocycles. The first-order valence-corrected chi connectivity index (χ1v) is 6.74. The molecule has 0 unspecified atom stereocenters. The van der Waals surface area contributed by atoms with E-state index in [2.05, 4.69) is 5.32 Å². The van der Waals surface area contributed by atoms with E-state index >= 15 is 0 Å². The van der Waals surface area contributed by atoms with E-state index in [-0.39, 0.29) is 5.69 Å². The maximum absolute atomic E-state index is 10.7. The number of benzene rings is 2. The van der Waals surface area contributed by atoms with Gasteiger partial charge in [-0.2, -0.15) is 0 Å². The molecule has 110 valence electrons. The zero-order valence-electron chi connectivity index (χ0n) is 11.5. The molecular weight excluding hydrogens is 292 g/mol. The standard InChI is InChI=1S/C15H15ClN2O3/c1-21-15-6-5-13(16)8-12(15)10-17-9-11-3-2-4-14(7-11)18(19)20/h2-8,17H,9-10H2,1H3. The molecule has 0 aliphatic carbocycles. The van der Waals surface area contributed by atoms with Crippen molar-refractivity contribution in [1.82, 2.24) is 5.32 Å². The Hall–Kier alpha value is -2.11. The Kier molecular flexibility index (Phi) is 5.14. The van der Waals surface area contributed by atoms with E-state index in [0.717, 1.165) is 16.9 Å². The molecule has 0 spiro atoms. The first-order valence-electron chi connectivity index (χ1n) is 6.36. The first kappa shape index (κ1) is 15.3. The summed E-state index contributed by atoms with van der Waals surface area (Å²) in [7, 11) is 1.60. The van der Waals surface area contributed by atoms with Gasteiger partial charge in [-0.1, -0.05) is 23.7 Å². The van der Waals surface area contributed by atoms with Crippen molar-refractivity contribution in [3.63, 3.8) is 0 Å². The van der Waals surface area contributed by atoms with E-state index in [4.69, 9.17) is 16.3 Å². The number of hydrogen-bond donors (Lipinski definition) is 1. The highest BCUT2D eigenvalue weighted by Gasteiger charge is 2.06. The van der Waals surface area contributed by atoms with Crippen LogP contribution in [0.4, 0.5) is 5.69 Å². The van der Waals surface area contributed by atoms with Gasteiger partial charge in [-0.05, 0) is 23.8 Å². The van der Waals surface area contributed by atoms with E-state index in [0.29, 0.717) is 18.1 Å². The average Bonchev–Trinajstić information content (AvgIpc) is 2.48. The number of ether oxygens (including phenoxy) is 1. The molecule has 6 heteroatoms. The number of nitrogens with zero attached hydrogens (tertiary/aromatic N) is 1. The van der Waals surface area contributed by atoms with Crippen LogP contribution in [0.25, 0.3) is 0 Å². The van der Waals surface area contributed by atoms with Gasteiger partial charge < -0.3 is 10.1 Å². The maximum atomic E-state index is 10.7. The van der Waals surface area contributed by atoms with Crippen molar-refractivity contribution >= 4 is 17.3 Å². The van der Waals surface area contributed by atoms with Crippen molar-refractivity contribution in [2.75, 3.05) is 7.11 Å². The molecule has 0 bridgehead atoms. The Morgan fingerprint density at radius 2 is 2.05 bits per heavy atom. The third kappa shape index (κ3) is 4.18. The fourth-order valence-corrected chi connectivity index (χ4v) is 2.20. The van der Waals surface area contributed by atoms with Gasteiger partial charge >= 0.3 is 0 Å². The van der Waals surface area contributed by atoms with Crippen molar-refractivity contribution in [2.24, 2.45) is 0 Å². The number of nitro benzene ring substituents is 1. The molecule has 5 nitrogen and oxygen atoms in total. The minimum Gasteiger partial charge on any atom is -0.496 e. The minimum atomic E-state index is -0.399. The molecular formula is C15H15ClN2O3. The largest absolute Gasteiger partial charge is 0.496 e. The lowest BCUT2D eigenvalue weighted by Crippen LogP contribution is -2.13. The number of methoxy groups -OCH3 is 1. The lowest BCUT2D eigenvalue weighted by molar-refractivity contribution is -0.384. The normalized spacial score (nSPS) is 10.4. The van der Waals surface area contributed by atoms with Crippen molar-refractivity contribution < 1.29 is 9.66 Å². The summed E-state index contributed by atoms with van der Waals surface area (Å²) in [5, 5.41) is 14.6. The van der Waals surface area contributed by atoms with Gasteiger partial charge in [0.1, 0.15) is 5.75 Å². The number of hydrogen-bond acceptors (Lipinski definition) is 4. The lowest BCUT2D eigenvalue weighted by atomic mass is 10.1. The molecule has 2 aromatic carbocycles. The van der Waals surface area contributed by atoms with Crippen molar-refractivity contribution in [3.8, 4) is 5.75 Å². The van der Waals surface area contributed by atoms with Gasteiger partial charge in [0.15, 0.2) is 0 Å². The molecule has 0 saturated heterocycles. The minimum absolute atomic E-state index is 0.0923. The first-order chi connectivity index (χ1) is 10.1. The third-order valence-electron chi connectivity index (χ3n) is 3.01. The molecule has 0 radical (unpaired) electrons. The molecule has 0 saturated carbocycles. The van der Waals surface area contributed by atoms with E-state index in [1.807, 2.05) is 18.2 Å². The Balaban J connectivity index is 2.00. The molecule has 21 heavy (non-hydrogen) atoms. The highest BCUT2D eigenvalue weighted by molar-refractivity contribution is 6.30. The van der Waals surface area contributed by atoms with Crippen LogP contribution in [0.3, 0.4) is 0 Å². The summed E-state index contributed by atoms with van der Waals surface area (Å²) in [6.45, 7) is 1.09. The van der Waals surface area contributed by atoms with Gasteiger partial charge in [0.25, 0.3) is 5.69 Å². The molecule has 0 aromatic heterocycles. The summed E-state index contributed by atoms with van der Waals surface area (Å²) in [6, 6.07) is 12.0. The molecule has 0 aliphatic rings. The second-order valence-electron chi connectivity index (χ2n) is 4.49. The van der Waals surface area contributed by atoms with E-state index in [1.54, 1.807) is 25.3 Å². The van der Waals surface area contributed by atoms with Gasteiger partial charge in [0.2, 0.25) is 0 Å². The number of nitro groups is 1. The summed E-state index contributed by atoms with van der Waals surface area (Å²) in [5.74, 6) is 0.756. The quantitative estimate of drug-likeness (QED) is 0.655. The molecule has 0 heterocycles. The zero-order valence-corrected chi connectivity index (χ0v) is 12.3. The highest BCUT2D eigenvalue weighted by atomic mass is 35.5. The third-order valence-corrected chi connectivity index (χ3v) is 3.24. The van der Waals surface area contributed by atoms with E-state index < -0.39 is 4.92 Å². The molecule has 2 aromatic rings. The van der Waals surface area contributed by atoms with Crippen molar-refractivity contribution in [2.45, 2.75) is 13.1 Å². The molecule has 1 N–H and O–H groups in total. The van der Waals surface area contributed by atoms with E-state index in [9.17, 15) is 10.1 Å². The van der Waals surface area contributed by atoms with Gasteiger partial charge in [-0.25, -0.2) is 0 Å². The average molecular weight is 307 g/mol.